The number of hydrogen-bond acceptors (Lipinski definition) is 4. The van der Waals surface area contributed by atoms with Gasteiger partial charge in [0.05, 0.1) is 17.1 Å². The molecule has 16 heavy (non-hydrogen) atoms. The van der Waals surface area contributed by atoms with Crippen LogP contribution in [0.1, 0.15) is 24.4 Å². The lowest BCUT2D eigenvalue weighted by Crippen LogP contribution is -2.15. The van der Waals surface area contributed by atoms with E-state index in [-0.39, 0.29) is 0 Å². The van der Waals surface area contributed by atoms with Gasteiger partial charge in [0.2, 0.25) is 0 Å². The normalized spacial score (nSPS) is 12.0. The fourth-order valence-corrected chi connectivity index (χ4v) is 2.33. The predicted molar refractivity (Wildman–Crippen MR) is 63.7 cm³/mol. The summed E-state index contributed by atoms with van der Waals surface area (Å²) in [6, 6.07) is 3.81. The van der Waals surface area contributed by atoms with Gasteiger partial charge in [-0.1, -0.05) is 16.8 Å². The lowest BCUT2D eigenvalue weighted by molar-refractivity contribution is 0.0737. The molecule has 86 valence electrons. The second-order valence-electron chi connectivity index (χ2n) is 4.07. The molecule has 0 bridgehead atoms. The molecular weight excluding hydrogens is 246 g/mol. The van der Waals surface area contributed by atoms with E-state index >= 15 is 0 Å². The highest BCUT2D eigenvalue weighted by Crippen LogP contribution is 2.22. The number of rotatable bonds is 3. The van der Waals surface area contributed by atoms with E-state index in [2.05, 4.69) is 10.3 Å². The SMILES string of the molecule is CC(C)(O)c1cn(Cc2ccc(Cl)s2)nn1. The van der Waals surface area contributed by atoms with Crippen LogP contribution in [0.4, 0.5) is 0 Å². The Hall–Kier alpha value is -0.910. The standard InChI is InChI=1S/C10H12ClN3OS/c1-10(2,15)8-6-14(13-12-8)5-7-3-4-9(11)16-7/h3-4,6,15H,5H2,1-2H3. The lowest BCUT2D eigenvalue weighted by atomic mass is 10.1. The maximum Gasteiger partial charge on any atom is 0.114 e. The van der Waals surface area contributed by atoms with E-state index in [0.717, 1.165) is 9.21 Å². The van der Waals surface area contributed by atoms with Gasteiger partial charge in [0.1, 0.15) is 11.3 Å². The Morgan fingerprint density at radius 2 is 2.25 bits per heavy atom. The first-order valence-corrected chi connectivity index (χ1v) is 6.02. The van der Waals surface area contributed by atoms with E-state index in [4.69, 9.17) is 11.6 Å². The molecule has 0 radical (unpaired) electrons. The van der Waals surface area contributed by atoms with Crippen molar-refractivity contribution in [3.05, 3.63) is 33.2 Å². The number of thiophene rings is 1. The first-order valence-electron chi connectivity index (χ1n) is 4.82. The summed E-state index contributed by atoms with van der Waals surface area (Å²) in [5.41, 5.74) is -0.388. The Balaban J connectivity index is 2.14. The summed E-state index contributed by atoms with van der Waals surface area (Å²) < 4.78 is 2.45. The largest absolute Gasteiger partial charge is 0.384 e. The molecule has 0 saturated heterocycles. The van der Waals surface area contributed by atoms with Crippen LogP contribution in [-0.2, 0) is 12.1 Å². The number of hydrogen-bond donors (Lipinski definition) is 1. The Morgan fingerprint density at radius 3 is 2.75 bits per heavy atom. The minimum absolute atomic E-state index is 0.565. The second kappa shape index (κ2) is 4.16. The molecule has 0 aliphatic rings. The van der Waals surface area contributed by atoms with Gasteiger partial charge in [-0.3, -0.25) is 0 Å². The molecule has 0 saturated carbocycles. The topological polar surface area (TPSA) is 50.9 Å². The van der Waals surface area contributed by atoms with E-state index in [1.807, 2.05) is 12.1 Å². The van der Waals surface area contributed by atoms with Crippen molar-refractivity contribution < 1.29 is 5.11 Å². The fraction of sp³-hybridized carbons (Fsp3) is 0.400. The number of halogens is 1. The predicted octanol–water partition coefficient (Wildman–Crippen LogP) is 2.27. The van der Waals surface area contributed by atoms with Crippen LogP contribution in [0.5, 0.6) is 0 Å². The first-order chi connectivity index (χ1) is 7.45. The molecule has 0 amide bonds. The molecule has 1 N–H and O–H groups in total. The maximum atomic E-state index is 9.74. The Morgan fingerprint density at radius 1 is 1.50 bits per heavy atom. The monoisotopic (exact) mass is 257 g/mol. The zero-order valence-electron chi connectivity index (χ0n) is 9.01. The van der Waals surface area contributed by atoms with Gasteiger partial charge in [-0.25, -0.2) is 4.68 Å². The zero-order valence-corrected chi connectivity index (χ0v) is 10.6. The summed E-state index contributed by atoms with van der Waals surface area (Å²) in [6.07, 6.45) is 1.74. The molecule has 0 aliphatic carbocycles. The van der Waals surface area contributed by atoms with Gasteiger partial charge in [-0.05, 0) is 26.0 Å². The number of aliphatic hydroxyl groups is 1. The van der Waals surface area contributed by atoms with Crippen molar-refractivity contribution in [3.8, 4) is 0 Å². The highest BCUT2D eigenvalue weighted by atomic mass is 35.5. The van der Waals surface area contributed by atoms with Crippen molar-refractivity contribution >= 4 is 22.9 Å². The molecule has 6 heteroatoms. The van der Waals surface area contributed by atoms with Crippen molar-refractivity contribution in [2.45, 2.75) is 26.0 Å². The van der Waals surface area contributed by atoms with Crippen LogP contribution in [0.15, 0.2) is 18.3 Å². The van der Waals surface area contributed by atoms with Crippen molar-refractivity contribution in [3.63, 3.8) is 0 Å². The third-order valence-electron chi connectivity index (χ3n) is 2.11. The third-order valence-corrected chi connectivity index (χ3v) is 3.33. The third kappa shape index (κ3) is 2.61. The van der Waals surface area contributed by atoms with Gasteiger partial charge >= 0.3 is 0 Å². The van der Waals surface area contributed by atoms with E-state index < -0.39 is 5.60 Å². The highest BCUT2D eigenvalue weighted by molar-refractivity contribution is 7.16. The van der Waals surface area contributed by atoms with Gasteiger partial charge in [-0.2, -0.15) is 0 Å². The lowest BCUT2D eigenvalue weighted by Gasteiger charge is -2.11. The van der Waals surface area contributed by atoms with Gasteiger partial charge in [0, 0.05) is 4.88 Å². The van der Waals surface area contributed by atoms with Gasteiger partial charge in [-0.15, -0.1) is 16.4 Å². The van der Waals surface area contributed by atoms with Crippen molar-refractivity contribution in [1.29, 1.82) is 0 Å². The molecular formula is C10H12ClN3OS. The maximum absolute atomic E-state index is 9.74. The molecule has 0 fully saturated rings. The molecule has 4 nitrogen and oxygen atoms in total. The van der Waals surface area contributed by atoms with Crippen LogP contribution in [0.25, 0.3) is 0 Å². The van der Waals surface area contributed by atoms with Crippen LogP contribution >= 0.6 is 22.9 Å². The Bertz CT molecular complexity index is 486. The summed E-state index contributed by atoms with van der Waals surface area (Å²) in [5, 5.41) is 17.6. The van der Waals surface area contributed by atoms with Crippen LogP contribution in [0.2, 0.25) is 4.34 Å². The zero-order chi connectivity index (χ0) is 11.8. The smallest absolute Gasteiger partial charge is 0.114 e. The molecule has 0 unspecified atom stereocenters. The summed E-state index contributed by atoms with van der Waals surface area (Å²) >= 11 is 7.35. The van der Waals surface area contributed by atoms with Crippen molar-refractivity contribution in [2.24, 2.45) is 0 Å². The van der Waals surface area contributed by atoms with E-state index in [1.165, 1.54) is 11.3 Å². The highest BCUT2D eigenvalue weighted by Gasteiger charge is 2.20. The summed E-state index contributed by atoms with van der Waals surface area (Å²) in [6.45, 7) is 3.99. The average Bonchev–Trinajstić information content (AvgIpc) is 2.74. The van der Waals surface area contributed by atoms with E-state index in [1.54, 1.807) is 24.7 Å². The van der Waals surface area contributed by atoms with Gasteiger partial charge in [0.15, 0.2) is 0 Å². The molecule has 0 atom stereocenters. The van der Waals surface area contributed by atoms with Crippen LogP contribution in [0.3, 0.4) is 0 Å². The van der Waals surface area contributed by atoms with Crippen LogP contribution in [-0.4, -0.2) is 20.1 Å². The summed E-state index contributed by atoms with van der Waals surface area (Å²) in [7, 11) is 0. The Labute approximate surface area is 102 Å². The molecule has 0 aliphatic heterocycles. The van der Waals surface area contributed by atoms with E-state index in [9.17, 15) is 5.11 Å². The summed E-state index contributed by atoms with van der Waals surface area (Å²) in [4.78, 5) is 1.11. The molecule has 2 aromatic rings. The average molecular weight is 258 g/mol. The molecule has 2 heterocycles. The minimum atomic E-state index is -0.953. The molecule has 2 rings (SSSR count). The van der Waals surface area contributed by atoms with Gasteiger partial charge in [0.25, 0.3) is 0 Å². The Kier molecular flexibility index (Phi) is 3.01. The van der Waals surface area contributed by atoms with Crippen molar-refractivity contribution in [1.82, 2.24) is 15.0 Å². The summed E-state index contributed by atoms with van der Waals surface area (Å²) in [5.74, 6) is 0. The van der Waals surface area contributed by atoms with Gasteiger partial charge < -0.3 is 5.11 Å². The van der Waals surface area contributed by atoms with Crippen LogP contribution < -0.4 is 0 Å². The molecule has 0 aromatic carbocycles. The number of aromatic nitrogens is 3. The van der Waals surface area contributed by atoms with Crippen molar-refractivity contribution in [2.75, 3.05) is 0 Å². The fourth-order valence-electron chi connectivity index (χ4n) is 1.25. The first kappa shape index (κ1) is 11.6. The second-order valence-corrected chi connectivity index (χ2v) is 5.87. The quantitative estimate of drug-likeness (QED) is 0.918. The minimum Gasteiger partial charge on any atom is -0.384 e. The molecule has 0 spiro atoms. The molecule has 2 aromatic heterocycles. The number of nitrogens with zero attached hydrogens (tertiary/aromatic N) is 3. The van der Waals surface area contributed by atoms with E-state index in [0.29, 0.717) is 12.2 Å². The van der Waals surface area contributed by atoms with Crippen LogP contribution in [0, 0.1) is 0 Å².